The average molecular weight is 452 g/mol. The van der Waals surface area contributed by atoms with Crippen molar-refractivity contribution in [1.82, 2.24) is 10.2 Å². The van der Waals surface area contributed by atoms with E-state index in [4.69, 9.17) is 4.42 Å². The van der Waals surface area contributed by atoms with E-state index < -0.39 is 0 Å². The Morgan fingerprint density at radius 3 is 2.41 bits per heavy atom. The summed E-state index contributed by atoms with van der Waals surface area (Å²) in [5.41, 5.74) is 4.09. The molecule has 0 spiro atoms. The van der Waals surface area contributed by atoms with Gasteiger partial charge >= 0.3 is 0 Å². The Kier molecular flexibility index (Phi) is 5.87. The van der Waals surface area contributed by atoms with Gasteiger partial charge in [0.1, 0.15) is 11.9 Å². The number of fused-ring (bicyclic) bond motifs is 1. The quantitative estimate of drug-likeness (QED) is 0.387. The third-order valence-electron chi connectivity index (χ3n) is 6.15. The topological polar surface area (TPSA) is 74.6 Å². The Morgan fingerprint density at radius 2 is 1.68 bits per heavy atom. The Hall–Kier alpha value is -4.32. The van der Waals surface area contributed by atoms with Crippen LogP contribution in [0.1, 0.15) is 56.7 Å². The molecule has 2 heterocycles. The minimum atomic E-state index is -0.322. The monoisotopic (exact) mass is 451 g/mol. The van der Waals surface area contributed by atoms with E-state index in [1.165, 1.54) is 0 Å². The molecule has 2 amide bonds. The fourth-order valence-electron chi connectivity index (χ4n) is 4.33. The fraction of sp³-hybridized carbons (Fsp3) is 0.143. The van der Waals surface area contributed by atoms with Gasteiger partial charge in [-0.05, 0) is 55.0 Å². The van der Waals surface area contributed by atoms with Crippen molar-refractivity contribution in [2.24, 2.45) is 0 Å². The molecule has 0 saturated heterocycles. The number of benzene rings is 3. The lowest BCUT2D eigenvalue weighted by atomic mass is 10.1. The molecule has 170 valence electrons. The van der Waals surface area contributed by atoms with Gasteiger partial charge in [0.05, 0.1) is 18.8 Å². The Balaban J connectivity index is 1.36. The van der Waals surface area contributed by atoms with Crippen molar-refractivity contribution in [3.63, 3.8) is 0 Å². The van der Waals surface area contributed by atoms with E-state index in [1.54, 1.807) is 24.5 Å². The van der Waals surface area contributed by atoms with Gasteiger partial charge in [-0.3, -0.25) is 9.59 Å². The Bertz CT molecular complexity index is 1280. The Labute approximate surface area is 198 Å². The van der Waals surface area contributed by atoms with Crippen LogP contribution < -0.4 is 10.6 Å². The van der Waals surface area contributed by atoms with Gasteiger partial charge in [-0.15, -0.1) is 0 Å². The number of hydrogen-bond donors (Lipinski definition) is 2. The number of furan rings is 1. The summed E-state index contributed by atoms with van der Waals surface area (Å²) in [6.45, 7) is 2.37. The molecule has 2 N–H and O–H groups in total. The molecule has 0 radical (unpaired) electrons. The minimum Gasteiger partial charge on any atom is -0.467 e. The number of carbonyl (C=O) groups excluding carboxylic acids is 2. The molecule has 34 heavy (non-hydrogen) atoms. The second kappa shape index (κ2) is 9.27. The lowest BCUT2D eigenvalue weighted by Crippen LogP contribution is -2.34. The van der Waals surface area contributed by atoms with Crippen LogP contribution in [0.3, 0.4) is 0 Å². The molecule has 0 fully saturated rings. The summed E-state index contributed by atoms with van der Waals surface area (Å²) in [7, 11) is 0. The van der Waals surface area contributed by atoms with Gasteiger partial charge in [0, 0.05) is 22.4 Å². The summed E-state index contributed by atoms with van der Waals surface area (Å²) in [6.07, 6.45) is 1.26. The van der Waals surface area contributed by atoms with Crippen molar-refractivity contribution in [2.75, 3.05) is 5.32 Å². The number of anilines is 1. The van der Waals surface area contributed by atoms with E-state index >= 15 is 0 Å². The van der Waals surface area contributed by atoms with E-state index in [0.717, 1.165) is 16.8 Å². The van der Waals surface area contributed by atoms with Crippen molar-refractivity contribution < 1.29 is 14.0 Å². The molecule has 2 atom stereocenters. The van der Waals surface area contributed by atoms with Gasteiger partial charge in [-0.2, -0.15) is 0 Å². The third kappa shape index (κ3) is 4.18. The smallest absolute Gasteiger partial charge is 0.256 e. The number of hydrogen-bond acceptors (Lipinski definition) is 4. The van der Waals surface area contributed by atoms with Crippen molar-refractivity contribution >= 4 is 17.5 Å². The molecular weight excluding hydrogens is 426 g/mol. The van der Waals surface area contributed by atoms with Gasteiger partial charge in [0.15, 0.2) is 0 Å². The first-order chi connectivity index (χ1) is 16.6. The zero-order chi connectivity index (χ0) is 23.5. The second-order valence-electron chi connectivity index (χ2n) is 8.27. The van der Waals surface area contributed by atoms with E-state index in [-0.39, 0.29) is 24.0 Å². The number of carbonyl (C=O) groups is 2. The third-order valence-corrected chi connectivity index (χ3v) is 6.15. The number of nitrogens with zero attached hydrogens (tertiary/aromatic N) is 1. The molecule has 1 aliphatic heterocycles. The highest BCUT2D eigenvalue weighted by molar-refractivity contribution is 6.00. The van der Waals surface area contributed by atoms with Crippen LogP contribution in [0.2, 0.25) is 0 Å². The molecule has 6 nitrogen and oxygen atoms in total. The van der Waals surface area contributed by atoms with Crippen LogP contribution in [-0.4, -0.2) is 16.7 Å². The summed E-state index contributed by atoms with van der Waals surface area (Å²) in [4.78, 5) is 27.7. The van der Waals surface area contributed by atoms with Crippen molar-refractivity contribution in [3.8, 4) is 0 Å². The molecule has 0 saturated carbocycles. The normalized spacial score (nSPS) is 15.6. The maximum atomic E-state index is 13.4. The number of rotatable bonds is 7. The first kappa shape index (κ1) is 21.5. The molecule has 6 heteroatoms. The highest BCUT2D eigenvalue weighted by Crippen LogP contribution is 2.40. The largest absolute Gasteiger partial charge is 0.467 e. The van der Waals surface area contributed by atoms with Crippen molar-refractivity contribution in [1.29, 1.82) is 0 Å². The summed E-state index contributed by atoms with van der Waals surface area (Å²) < 4.78 is 5.25. The van der Waals surface area contributed by atoms with E-state index in [2.05, 4.69) is 10.6 Å². The molecule has 5 rings (SSSR count). The van der Waals surface area contributed by atoms with Crippen LogP contribution in [0.15, 0.2) is 102 Å². The average Bonchev–Trinajstić information content (AvgIpc) is 3.50. The maximum absolute atomic E-state index is 13.4. The standard InChI is InChI=1S/C28H25N3O3/c1-19(20-8-3-2-4-9-20)31-26(24-11-5-6-12-25(24)28(31)33)30-22-15-13-21(14-16-22)27(32)29-18-23-10-7-17-34-23/h2-17,19,26,30H,18H2,1H3,(H,29,32). The van der Waals surface area contributed by atoms with E-state index in [9.17, 15) is 9.59 Å². The molecule has 1 aromatic heterocycles. The first-order valence-corrected chi connectivity index (χ1v) is 11.3. The van der Waals surface area contributed by atoms with Crippen LogP contribution in [0.25, 0.3) is 0 Å². The number of amides is 2. The lowest BCUT2D eigenvalue weighted by molar-refractivity contribution is 0.0667. The SMILES string of the molecule is CC(c1ccccc1)N1C(=O)c2ccccc2C1Nc1ccc(C(=O)NCc2ccco2)cc1. The lowest BCUT2D eigenvalue weighted by Gasteiger charge is -2.32. The van der Waals surface area contributed by atoms with Crippen LogP contribution in [-0.2, 0) is 6.54 Å². The van der Waals surface area contributed by atoms with Gasteiger partial charge in [-0.25, -0.2) is 0 Å². The Morgan fingerprint density at radius 1 is 0.941 bits per heavy atom. The molecule has 0 aliphatic carbocycles. The first-order valence-electron chi connectivity index (χ1n) is 11.3. The van der Waals surface area contributed by atoms with Gasteiger partial charge in [0.25, 0.3) is 11.8 Å². The van der Waals surface area contributed by atoms with Gasteiger partial charge in [0.2, 0.25) is 0 Å². The van der Waals surface area contributed by atoms with Crippen LogP contribution >= 0.6 is 0 Å². The minimum absolute atomic E-state index is 0.00150. The molecule has 2 unspecified atom stereocenters. The molecule has 4 aromatic rings. The summed E-state index contributed by atoms with van der Waals surface area (Å²) in [5.74, 6) is 0.519. The van der Waals surface area contributed by atoms with Crippen molar-refractivity contribution in [2.45, 2.75) is 25.7 Å². The molecule has 1 aliphatic rings. The summed E-state index contributed by atoms with van der Waals surface area (Å²) >= 11 is 0. The molecule has 3 aromatic carbocycles. The maximum Gasteiger partial charge on any atom is 0.256 e. The highest BCUT2D eigenvalue weighted by atomic mass is 16.3. The van der Waals surface area contributed by atoms with Crippen molar-refractivity contribution in [3.05, 3.63) is 125 Å². The second-order valence-corrected chi connectivity index (χ2v) is 8.27. The van der Waals surface area contributed by atoms with Crippen LogP contribution in [0.4, 0.5) is 5.69 Å². The summed E-state index contributed by atoms with van der Waals surface area (Å²) in [5, 5.41) is 6.35. The predicted octanol–water partition coefficient (Wildman–Crippen LogP) is 5.54. The molecular formula is C28H25N3O3. The predicted molar refractivity (Wildman–Crippen MR) is 130 cm³/mol. The van der Waals surface area contributed by atoms with E-state index in [1.807, 2.05) is 84.6 Å². The summed E-state index contributed by atoms with van der Waals surface area (Å²) in [6, 6.07) is 28.4. The zero-order valence-corrected chi connectivity index (χ0v) is 18.8. The zero-order valence-electron chi connectivity index (χ0n) is 18.8. The fourth-order valence-corrected chi connectivity index (χ4v) is 4.33. The highest BCUT2D eigenvalue weighted by Gasteiger charge is 2.39. The van der Waals surface area contributed by atoms with Crippen LogP contribution in [0.5, 0.6) is 0 Å². The number of nitrogens with one attached hydrogen (secondary N) is 2. The van der Waals surface area contributed by atoms with Gasteiger partial charge in [-0.1, -0.05) is 48.5 Å². The van der Waals surface area contributed by atoms with Crippen LogP contribution in [0, 0.1) is 0 Å². The van der Waals surface area contributed by atoms with E-state index in [0.29, 0.717) is 23.4 Å². The molecule has 0 bridgehead atoms. The van der Waals surface area contributed by atoms with Gasteiger partial charge < -0.3 is 20.0 Å².